The van der Waals surface area contributed by atoms with Gasteiger partial charge in [0.1, 0.15) is 17.4 Å². The minimum absolute atomic E-state index is 0.211. The summed E-state index contributed by atoms with van der Waals surface area (Å²) in [5, 5.41) is 0.936. The van der Waals surface area contributed by atoms with Crippen LogP contribution < -0.4 is 4.57 Å². The molecule has 0 aliphatic rings. The molecule has 0 radical (unpaired) electrons. The molecular formula is C15H14FN2S+. The summed E-state index contributed by atoms with van der Waals surface area (Å²) in [5.74, 6) is -0.211. The highest BCUT2D eigenvalue weighted by molar-refractivity contribution is 7.21. The summed E-state index contributed by atoms with van der Waals surface area (Å²) < 4.78 is 16.2. The predicted molar refractivity (Wildman–Crippen MR) is 75.5 cm³/mol. The van der Waals surface area contributed by atoms with E-state index >= 15 is 0 Å². The first kappa shape index (κ1) is 12.2. The average molecular weight is 273 g/mol. The molecule has 2 nitrogen and oxygen atoms in total. The number of aryl methyl sites for hydroxylation is 1. The van der Waals surface area contributed by atoms with E-state index < -0.39 is 0 Å². The molecule has 3 rings (SSSR count). The number of hydrogen-bond donors (Lipinski definition) is 0. The lowest BCUT2D eigenvalue weighted by atomic mass is 10.3. The molecule has 1 aromatic carbocycles. The molecule has 96 valence electrons. The lowest BCUT2D eigenvalue weighted by Crippen LogP contribution is -2.32. The van der Waals surface area contributed by atoms with Crippen LogP contribution in [0, 0.1) is 5.82 Å². The standard InChI is InChI=1S/C15H14FN2S/c1-2-7-18-8-3-4-11(10-18)15-17-13-6-5-12(16)9-14(13)19-15/h3-6,8-10H,2,7H2,1H3/q+1. The molecule has 0 fully saturated rings. The maximum absolute atomic E-state index is 13.2. The van der Waals surface area contributed by atoms with Gasteiger partial charge in [0.15, 0.2) is 12.4 Å². The third-order valence-electron chi connectivity index (χ3n) is 2.94. The number of thiazole rings is 1. The second kappa shape index (κ2) is 5.05. The van der Waals surface area contributed by atoms with Crippen LogP contribution >= 0.6 is 11.3 Å². The van der Waals surface area contributed by atoms with Gasteiger partial charge in [-0.05, 0) is 24.3 Å². The normalized spacial score (nSPS) is 11.1. The average Bonchev–Trinajstić information content (AvgIpc) is 2.82. The molecule has 0 atom stereocenters. The van der Waals surface area contributed by atoms with E-state index in [1.54, 1.807) is 12.1 Å². The van der Waals surface area contributed by atoms with E-state index in [0.29, 0.717) is 0 Å². The molecule has 2 aromatic heterocycles. The Bertz CT molecular complexity index is 721. The van der Waals surface area contributed by atoms with Crippen molar-refractivity contribution in [2.24, 2.45) is 0 Å². The van der Waals surface area contributed by atoms with Crippen molar-refractivity contribution in [2.75, 3.05) is 0 Å². The molecule has 19 heavy (non-hydrogen) atoms. The monoisotopic (exact) mass is 273 g/mol. The van der Waals surface area contributed by atoms with Gasteiger partial charge in [0.05, 0.1) is 15.8 Å². The van der Waals surface area contributed by atoms with Crippen LogP contribution in [0.2, 0.25) is 0 Å². The molecule has 3 aromatic rings. The van der Waals surface area contributed by atoms with Crippen LogP contribution in [0.4, 0.5) is 4.39 Å². The van der Waals surface area contributed by atoms with Gasteiger partial charge in [0, 0.05) is 12.5 Å². The summed E-state index contributed by atoms with van der Waals surface area (Å²) in [4.78, 5) is 4.56. The molecular weight excluding hydrogens is 259 g/mol. The molecule has 0 saturated heterocycles. The summed E-state index contributed by atoms with van der Waals surface area (Å²) >= 11 is 1.53. The number of nitrogens with zero attached hydrogens (tertiary/aromatic N) is 2. The van der Waals surface area contributed by atoms with Gasteiger partial charge < -0.3 is 0 Å². The second-order valence-electron chi connectivity index (χ2n) is 4.46. The Morgan fingerprint density at radius 2 is 2.21 bits per heavy atom. The summed E-state index contributed by atoms with van der Waals surface area (Å²) in [6, 6.07) is 8.79. The largest absolute Gasteiger partial charge is 0.236 e. The molecule has 0 aliphatic carbocycles. The molecule has 0 amide bonds. The van der Waals surface area contributed by atoms with Crippen molar-refractivity contribution in [3.63, 3.8) is 0 Å². The third kappa shape index (κ3) is 2.49. The lowest BCUT2D eigenvalue weighted by Gasteiger charge is -1.96. The van der Waals surface area contributed by atoms with E-state index in [1.807, 2.05) is 12.1 Å². The molecule has 0 saturated carbocycles. The van der Waals surface area contributed by atoms with E-state index in [2.05, 4.69) is 28.9 Å². The number of aromatic nitrogens is 2. The maximum atomic E-state index is 13.2. The van der Waals surface area contributed by atoms with Crippen LogP contribution in [0.5, 0.6) is 0 Å². The Labute approximate surface area is 115 Å². The fourth-order valence-corrected chi connectivity index (χ4v) is 3.05. The number of hydrogen-bond acceptors (Lipinski definition) is 2. The molecule has 0 spiro atoms. The maximum Gasteiger partial charge on any atom is 0.179 e. The number of rotatable bonds is 3. The van der Waals surface area contributed by atoms with Crippen molar-refractivity contribution in [1.29, 1.82) is 0 Å². The Kier molecular flexibility index (Phi) is 3.25. The number of fused-ring (bicyclic) bond motifs is 1. The smallest absolute Gasteiger partial charge is 0.179 e. The molecule has 0 N–H and O–H groups in total. The van der Waals surface area contributed by atoms with Crippen molar-refractivity contribution in [3.8, 4) is 10.6 Å². The topological polar surface area (TPSA) is 16.8 Å². The Morgan fingerprint density at radius 3 is 3.05 bits per heavy atom. The summed E-state index contributed by atoms with van der Waals surface area (Å²) in [7, 11) is 0. The van der Waals surface area contributed by atoms with Crippen molar-refractivity contribution in [3.05, 3.63) is 48.5 Å². The SMILES string of the molecule is CCC[n+]1cccc(-c2nc3ccc(F)cc3s2)c1. The number of halogens is 1. The van der Waals surface area contributed by atoms with Crippen molar-refractivity contribution < 1.29 is 8.96 Å². The zero-order valence-electron chi connectivity index (χ0n) is 10.6. The quantitative estimate of drug-likeness (QED) is 0.663. The third-order valence-corrected chi connectivity index (χ3v) is 4.00. The first-order valence-corrected chi connectivity index (χ1v) is 7.13. The highest BCUT2D eigenvalue weighted by Crippen LogP contribution is 2.29. The van der Waals surface area contributed by atoms with Gasteiger partial charge in [-0.15, -0.1) is 11.3 Å². The zero-order chi connectivity index (χ0) is 13.2. The molecule has 0 bridgehead atoms. The summed E-state index contributed by atoms with van der Waals surface area (Å²) in [6.07, 6.45) is 5.25. The molecule has 0 unspecified atom stereocenters. The minimum Gasteiger partial charge on any atom is -0.236 e. The zero-order valence-corrected chi connectivity index (χ0v) is 11.5. The fourth-order valence-electron chi connectivity index (χ4n) is 2.07. The van der Waals surface area contributed by atoms with Gasteiger partial charge in [-0.1, -0.05) is 6.92 Å². The predicted octanol–water partition coefficient (Wildman–Crippen LogP) is 3.80. The highest BCUT2D eigenvalue weighted by Gasteiger charge is 2.10. The van der Waals surface area contributed by atoms with Crippen LogP contribution in [0.3, 0.4) is 0 Å². The van der Waals surface area contributed by atoms with Gasteiger partial charge in [-0.3, -0.25) is 0 Å². The first-order valence-electron chi connectivity index (χ1n) is 6.32. The van der Waals surface area contributed by atoms with Crippen LogP contribution in [0.25, 0.3) is 20.8 Å². The van der Waals surface area contributed by atoms with Crippen molar-refractivity contribution >= 4 is 21.6 Å². The molecule has 0 aliphatic heterocycles. The highest BCUT2D eigenvalue weighted by atomic mass is 32.1. The van der Waals surface area contributed by atoms with E-state index in [4.69, 9.17) is 0 Å². The van der Waals surface area contributed by atoms with Gasteiger partial charge in [-0.25, -0.2) is 13.9 Å². The lowest BCUT2D eigenvalue weighted by molar-refractivity contribution is -0.696. The Hall–Kier alpha value is -1.81. The van der Waals surface area contributed by atoms with Crippen LogP contribution in [0.15, 0.2) is 42.7 Å². The van der Waals surface area contributed by atoms with E-state index in [9.17, 15) is 4.39 Å². The van der Waals surface area contributed by atoms with E-state index in [1.165, 1.54) is 17.4 Å². The van der Waals surface area contributed by atoms with Crippen molar-refractivity contribution in [2.45, 2.75) is 19.9 Å². The van der Waals surface area contributed by atoms with Gasteiger partial charge in [-0.2, -0.15) is 0 Å². The van der Waals surface area contributed by atoms with Gasteiger partial charge in [0.2, 0.25) is 0 Å². The Balaban J connectivity index is 2.05. The number of benzene rings is 1. The van der Waals surface area contributed by atoms with E-state index in [-0.39, 0.29) is 5.82 Å². The van der Waals surface area contributed by atoms with E-state index in [0.717, 1.165) is 33.8 Å². The number of pyridine rings is 1. The first-order chi connectivity index (χ1) is 9.26. The van der Waals surface area contributed by atoms with Crippen LogP contribution in [-0.4, -0.2) is 4.98 Å². The fraction of sp³-hybridized carbons (Fsp3) is 0.200. The van der Waals surface area contributed by atoms with Crippen LogP contribution in [0.1, 0.15) is 13.3 Å². The minimum atomic E-state index is -0.211. The van der Waals surface area contributed by atoms with Crippen LogP contribution in [-0.2, 0) is 6.54 Å². The van der Waals surface area contributed by atoms with Gasteiger partial charge >= 0.3 is 0 Å². The second-order valence-corrected chi connectivity index (χ2v) is 5.49. The molecule has 4 heteroatoms. The summed E-state index contributed by atoms with van der Waals surface area (Å²) in [6.45, 7) is 3.15. The Morgan fingerprint density at radius 1 is 1.32 bits per heavy atom. The summed E-state index contributed by atoms with van der Waals surface area (Å²) in [5.41, 5.74) is 1.94. The molecule has 2 heterocycles. The van der Waals surface area contributed by atoms with Crippen molar-refractivity contribution in [1.82, 2.24) is 4.98 Å². The van der Waals surface area contributed by atoms with Gasteiger partial charge in [0.25, 0.3) is 0 Å².